The zero-order valence-corrected chi connectivity index (χ0v) is 15.0. The first-order valence-electron chi connectivity index (χ1n) is 7.71. The van der Waals surface area contributed by atoms with Crippen LogP contribution in [-0.2, 0) is 0 Å². The molecule has 29 heavy (non-hydrogen) atoms. The molecule has 13 heteroatoms. The van der Waals surface area contributed by atoms with E-state index in [0.29, 0.717) is 17.3 Å². The van der Waals surface area contributed by atoms with E-state index in [1.54, 1.807) is 5.38 Å². The van der Waals surface area contributed by atoms with E-state index in [1.165, 1.54) is 24.3 Å². The number of non-ortho nitro benzene ring substituents is 2. The Morgan fingerprint density at radius 3 is 2.10 bits per heavy atom. The summed E-state index contributed by atoms with van der Waals surface area (Å²) in [6.07, 6.45) is 0. The van der Waals surface area contributed by atoms with E-state index >= 15 is 0 Å². The van der Waals surface area contributed by atoms with Crippen LogP contribution in [0.4, 0.5) is 22.2 Å². The fourth-order valence-electron chi connectivity index (χ4n) is 2.36. The van der Waals surface area contributed by atoms with Crippen molar-refractivity contribution in [1.82, 2.24) is 4.98 Å². The van der Waals surface area contributed by atoms with E-state index in [0.717, 1.165) is 23.5 Å². The molecule has 146 valence electrons. The number of aromatic nitrogens is 1. The average Bonchev–Trinajstić information content (AvgIpc) is 3.15. The number of nitrogens with zero attached hydrogens (tertiary/aromatic N) is 4. The molecule has 0 aliphatic rings. The normalized spacial score (nSPS) is 10.3. The minimum absolute atomic E-state index is 0.0806. The number of anilines is 1. The maximum absolute atomic E-state index is 12.4. The number of hydrogen-bond donors (Lipinski definition) is 1. The Balaban J connectivity index is 1.82. The minimum atomic E-state index is -0.883. The molecule has 0 aliphatic carbocycles. The predicted molar refractivity (Wildman–Crippen MR) is 102 cm³/mol. The molecule has 1 N–H and O–H groups in total. The van der Waals surface area contributed by atoms with E-state index in [-0.39, 0.29) is 16.4 Å². The molecule has 3 aromatic rings. The van der Waals surface area contributed by atoms with Crippen LogP contribution in [0.25, 0.3) is 11.3 Å². The number of rotatable bonds is 6. The number of carbonyl (C=O) groups is 1. The molecule has 0 spiro atoms. The summed E-state index contributed by atoms with van der Waals surface area (Å²) in [6.45, 7) is 0. The molecule has 0 saturated heterocycles. The van der Waals surface area contributed by atoms with E-state index in [9.17, 15) is 35.1 Å². The third-order valence-electron chi connectivity index (χ3n) is 3.73. The fourth-order valence-corrected chi connectivity index (χ4v) is 3.07. The first-order chi connectivity index (χ1) is 13.8. The quantitative estimate of drug-likeness (QED) is 0.468. The van der Waals surface area contributed by atoms with Crippen LogP contribution in [0.5, 0.6) is 0 Å². The van der Waals surface area contributed by atoms with Gasteiger partial charge in [-0.05, 0) is 18.2 Å². The Bertz CT molecular complexity index is 1140. The van der Waals surface area contributed by atoms with Gasteiger partial charge in [0.1, 0.15) is 5.56 Å². The van der Waals surface area contributed by atoms with Crippen LogP contribution in [-0.4, -0.2) is 25.7 Å². The molecule has 0 atom stereocenters. The summed E-state index contributed by atoms with van der Waals surface area (Å²) in [5.41, 5.74) is -0.630. The summed E-state index contributed by atoms with van der Waals surface area (Å²) in [7, 11) is 0. The maximum Gasteiger partial charge on any atom is 0.289 e. The van der Waals surface area contributed by atoms with Crippen LogP contribution in [0, 0.1) is 30.3 Å². The molecule has 0 radical (unpaired) electrons. The smallest absolute Gasteiger partial charge is 0.289 e. The number of hydrogen-bond acceptors (Lipinski definition) is 9. The Hall–Kier alpha value is -4.26. The van der Waals surface area contributed by atoms with E-state index in [2.05, 4.69) is 10.3 Å². The third-order valence-corrected chi connectivity index (χ3v) is 4.49. The monoisotopic (exact) mass is 415 g/mol. The maximum atomic E-state index is 12.4. The zero-order valence-electron chi connectivity index (χ0n) is 14.2. The Morgan fingerprint density at radius 1 is 0.897 bits per heavy atom. The van der Waals surface area contributed by atoms with Crippen molar-refractivity contribution in [3.05, 3.63) is 83.8 Å². The van der Waals surface area contributed by atoms with Crippen molar-refractivity contribution in [3.8, 4) is 11.3 Å². The Kier molecular flexibility index (Phi) is 5.23. The lowest BCUT2D eigenvalue weighted by molar-refractivity contribution is -0.394. The number of benzene rings is 2. The van der Waals surface area contributed by atoms with Crippen LogP contribution in [0.15, 0.2) is 47.8 Å². The van der Waals surface area contributed by atoms with E-state index in [1.807, 2.05) is 0 Å². The van der Waals surface area contributed by atoms with Gasteiger partial charge in [-0.2, -0.15) is 0 Å². The third kappa shape index (κ3) is 4.19. The number of nitrogens with one attached hydrogen (secondary N) is 1. The number of nitro groups is 3. The summed E-state index contributed by atoms with van der Waals surface area (Å²) in [5.74, 6) is -0.851. The molecular formula is C16H9N5O7S. The predicted octanol–water partition coefficient (Wildman–Crippen LogP) is 3.79. The highest BCUT2D eigenvalue weighted by Crippen LogP contribution is 2.29. The van der Waals surface area contributed by atoms with Crippen molar-refractivity contribution < 1.29 is 19.6 Å². The highest BCUT2D eigenvalue weighted by atomic mass is 32.1. The Morgan fingerprint density at radius 2 is 1.52 bits per heavy atom. The van der Waals surface area contributed by atoms with Gasteiger partial charge in [0.15, 0.2) is 5.13 Å². The molecule has 0 bridgehead atoms. The first kappa shape index (κ1) is 19.5. The van der Waals surface area contributed by atoms with Gasteiger partial charge in [0, 0.05) is 29.1 Å². The summed E-state index contributed by atoms with van der Waals surface area (Å²) in [6, 6.07) is 8.32. The molecule has 3 rings (SSSR count). The molecule has 1 heterocycles. The van der Waals surface area contributed by atoms with Crippen molar-refractivity contribution in [2.24, 2.45) is 0 Å². The van der Waals surface area contributed by atoms with Crippen LogP contribution in [0.1, 0.15) is 10.4 Å². The van der Waals surface area contributed by atoms with Crippen LogP contribution >= 0.6 is 11.3 Å². The number of thiazole rings is 1. The Labute approximate surface area is 164 Å². The van der Waals surface area contributed by atoms with Crippen molar-refractivity contribution >= 4 is 39.4 Å². The summed E-state index contributed by atoms with van der Waals surface area (Å²) in [5, 5.41) is 36.8. The van der Waals surface area contributed by atoms with Crippen LogP contribution in [0.2, 0.25) is 0 Å². The minimum Gasteiger partial charge on any atom is -0.298 e. The molecule has 2 aromatic carbocycles. The lowest BCUT2D eigenvalue weighted by Crippen LogP contribution is -2.14. The van der Waals surface area contributed by atoms with Gasteiger partial charge in [-0.3, -0.25) is 40.5 Å². The van der Waals surface area contributed by atoms with Crippen molar-refractivity contribution in [2.45, 2.75) is 0 Å². The lowest BCUT2D eigenvalue weighted by atomic mass is 10.1. The van der Waals surface area contributed by atoms with Crippen LogP contribution < -0.4 is 5.32 Å². The summed E-state index contributed by atoms with van der Waals surface area (Å²) < 4.78 is 0. The van der Waals surface area contributed by atoms with Gasteiger partial charge in [0.2, 0.25) is 0 Å². The van der Waals surface area contributed by atoms with Crippen LogP contribution in [0.3, 0.4) is 0 Å². The number of carbonyl (C=O) groups excluding carboxylic acids is 1. The second-order valence-corrected chi connectivity index (χ2v) is 6.37. The number of nitro benzene ring substituents is 3. The highest BCUT2D eigenvalue weighted by molar-refractivity contribution is 7.14. The van der Waals surface area contributed by atoms with Crippen molar-refractivity contribution in [3.63, 3.8) is 0 Å². The van der Waals surface area contributed by atoms with Gasteiger partial charge in [0.25, 0.3) is 23.0 Å². The second kappa shape index (κ2) is 7.77. The molecule has 0 aliphatic heterocycles. The molecular weight excluding hydrogens is 406 g/mol. The topological polar surface area (TPSA) is 171 Å². The molecule has 0 unspecified atom stereocenters. The molecule has 0 saturated carbocycles. The van der Waals surface area contributed by atoms with Crippen molar-refractivity contribution in [2.75, 3.05) is 5.32 Å². The zero-order chi connectivity index (χ0) is 21.1. The SMILES string of the molecule is O=C(Nc1nc(-c2ccc([N+](=O)[O-])cc2)cs1)c1ccc([N+](=O)[O-])cc1[N+](=O)[O-]. The van der Waals surface area contributed by atoms with Gasteiger partial charge in [-0.15, -0.1) is 11.3 Å². The van der Waals surface area contributed by atoms with E-state index in [4.69, 9.17) is 0 Å². The van der Waals surface area contributed by atoms with Gasteiger partial charge in [-0.25, -0.2) is 4.98 Å². The largest absolute Gasteiger partial charge is 0.298 e. The molecule has 12 nitrogen and oxygen atoms in total. The fraction of sp³-hybridized carbons (Fsp3) is 0. The molecule has 1 aromatic heterocycles. The van der Waals surface area contributed by atoms with E-state index < -0.39 is 32.1 Å². The first-order valence-corrected chi connectivity index (χ1v) is 8.59. The molecule has 1 amide bonds. The van der Waals surface area contributed by atoms with Crippen molar-refractivity contribution in [1.29, 1.82) is 0 Å². The summed E-state index contributed by atoms with van der Waals surface area (Å²) in [4.78, 5) is 47.0. The second-order valence-electron chi connectivity index (χ2n) is 5.51. The highest BCUT2D eigenvalue weighted by Gasteiger charge is 2.24. The standard InChI is InChI=1S/C16H9N5O7S/c22-15(12-6-5-11(20(25)26)7-14(12)21(27)28)18-16-17-13(8-29-16)9-1-3-10(4-2-9)19(23)24/h1-8H,(H,17,18,22). The summed E-state index contributed by atoms with van der Waals surface area (Å²) >= 11 is 1.05. The van der Waals surface area contributed by atoms with Gasteiger partial charge < -0.3 is 0 Å². The molecule has 0 fully saturated rings. The van der Waals surface area contributed by atoms with Gasteiger partial charge in [-0.1, -0.05) is 0 Å². The van der Waals surface area contributed by atoms with Gasteiger partial charge >= 0.3 is 0 Å². The lowest BCUT2D eigenvalue weighted by Gasteiger charge is -2.03. The van der Waals surface area contributed by atoms with Gasteiger partial charge in [0.05, 0.1) is 26.5 Å². The average molecular weight is 415 g/mol. The number of amides is 1.